The van der Waals surface area contributed by atoms with Crippen molar-refractivity contribution >= 4 is 10.9 Å². The van der Waals surface area contributed by atoms with Crippen molar-refractivity contribution in [1.29, 1.82) is 0 Å². The van der Waals surface area contributed by atoms with Crippen LogP contribution in [0.5, 0.6) is 5.88 Å². The van der Waals surface area contributed by atoms with Crippen LogP contribution in [0.1, 0.15) is 54.1 Å². The molecule has 1 aromatic carbocycles. The molecule has 1 fully saturated rings. The molecule has 3 aromatic rings. The van der Waals surface area contributed by atoms with Crippen molar-refractivity contribution in [3.8, 4) is 5.88 Å². The quantitative estimate of drug-likeness (QED) is 0.661. The van der Waals surface area contributed by atoms with Crippen LogP contribution in [0.2, 0.25) is 0 Å². The van der Waals surface area contributed by atoms with E-state index in [1.807, 2.05) is 6.20 Å². The fourth-order valence-corrected chi connectivity index (χ4v) is 4.15. The van der Waals surface area contributed by atoms with Crippen molar-refractivity contribution in [2.75, 3.05) is 6.61 Å². The molecule has 0 saturated heterocycles. The van der Waals surface area contributed by atoms with Crippen molar-refractivity contribution in [2.45, 2.75) is 51.6 Å². The highest BCUT2D eigenvalue weighted by molar-refractivity contribution is 5.85. The van der Waals surface area contributed by atoms with Crippen molar-refractivity contribution in [3.05, 3.63) is 58.9 Å². The minimum Gasteiger partial charge on any atom is -0.477 e. The molecule has 140 valence electrons. The summed E-state index contributed by atoms with van der Waals surface area (Å²) in [6.07, 6.45) is 8.04. The van der Waals surface area contributed by atoms with Crippen LogP contribution in [-0.2, 0) is 13.0 Å². The van der Waals surface area contributed by atoms with Gasteiger partial charge in [-0.15, -0.1) is 0 Å². The predicted octanol–water partition coefficient (Wildman–Crippen LogP) is 4.83. The van der Waals surface area contributed by atoms with Gasteiger partial charge in [0.25, 0.3) is 0 Å². The summed E-state index contributed by atoms with van der Waals surface area (Å²) >= 11 is 0. The molecule has 1 saturated carbocycles. The van der Waals surface area contributed by atoms with Gasteiger partial charge in [0.1, 0.15) is 0 Å². The van der Waals surface area contributed by atoms with Crippen LogP contribution in [-0.4, -0.2) is 16.6 Å². The van der Waals surface area contributed by atoms with Gasteiger partial charge in [-0.2, -0.15) is 0 Å². The second kappa shape index (κ2) is 7.01. The van der Waals surface area contributed by atoms with Crippen LogP contribution in [0.15, 0.2) is 36.5 Å². The first-order chi connectivity index (χ1) is 13.3. The van der Waals surface area contributed by atoms with Crippen molar-refractivity contribution in [2.24, 2.45) is 5.92 Å². The lowest BCUT2D eigenvalue weighted by molar-refractivity contribution is 0.288. The van der Waals surface area contributed by atoms with Gasteiger partial charge < -0.3 is 15.0 Å². The van der Waals surface area contributed by atoms with E-state index in [0.29, 0.717) is 6.04 Å². The number of H-pyrrole nitrogens is 1. The lowest BCUT2D eigenvalue weighted by atomic mass is 9.91. The molecule has 0 radical (unpaired) electrons. The molecule has 2 aliphatic rings. The number of nitrogens with zero attached hydrogens (tertiary/aromatic N) is 1. The number of aromatic nitrogens is 2. The van der Waals surface area contributed by atoms with Crippen LogP contribution in [0, 0.1) is 12.8 Å². The van der Waals surface area contributed by atoms with Gasteiger partial charge in [-0.1, -0.05) is 11.6 Å². The summed E-state index contributed by atoms with van der Waals surface area (Å²) in [5.41, 5.74) is 6.70. The minimum atomic E-state index is 0.380. The number of ether oxygens (including phenoxy) is 1. The van der Waals surface area contributed by atoms with Gasteiger partial charge in [0.2, 0.25) is 5.88 Å². The average Bonchev–Trinajstić information content (AvgIpc) is 3.45. The van der Waals surface area contributed by atoms with E-state index in [0.717, 1.165) is 24.9 Å². The Morgan fingerprint density at radius 2 is 2.11 bits per heavy atom. The molecular weight excluding hydrogens is 334 g/mol. The average molecular weight is 361 g/mol. The summed E-state index contributed by atoms with van der Waals surface area (Å²) < 4.78 is 5.82. The van der Waals surface area contributed by atoms with Gasteiger partial charge in [0.05, 0.1) is 6.61 Å². The van der Waals surface area contributed by atoms with Crippen LogP contribution >= 0.6 is 0 Å². The third-order valence-corrected chi connectivity index (χ3v) is 5.88. The Morgan fingerprint density at radius 3 is 3.00 bits per heavy atom. The molecular formula is C23H27N3O. The summed E-state index contributed by atoms with van der Waals surface area (Å²) in [4.78, 5) is 8.03. The number of hydrogen-bond donors (Lipinski definition) is 2. The van der Waals surface area contributed by atoms with Gasteiger partial charge in [0, 0.05) is 41.4 Å². The number of hydrogen-bond acceptors (Lipinski definition) is 3. The molecule has 0 bridgehead atoms. The topological polar surface area (TPSA) is 49.9 Å². The second-order valence-corrected chi connectivity index (χ2v) is 8.15. The number of nitrogens with one attached hydrogen (secondary N) is 2. The predicted molar refractivity (Wildman–Crippen MR) is 108 cm³/mol. The SMILES string of the molecule is Cc1ccc2[nH]c3c(c2c1)CCC[C@@H]3NCc1ccnc(OCC2CC2)c1. The third-order valence-electron chi connectivity index (χ3n) is 5.88. The fraction of sp³-hybridized carbons (Fsp3) is 0.435. The van der Waals surface area contributed by atoms with E-state index in [2.05, 4.69) is 52.5 Å². The minimum absolute atomic E-state index is 0.380. The highest BCUT2D eigenvalue weighted by Gasteiger charge is 2.24. The van der Waals surface area contributed by atoms with Crippen LogP contribution in [0.25, 0.3) is 10.9 Å². The Bertz CT molecular complexity index is 957. The zero-order valence-electron chi connectivity index (χ0n) is 15.9. The summed E-state index contributed by atoms with van der Waals surface area (Å²) in [6, 6.07) is 11.3. The zero-order chi connectivity index (χ0) is 18.2. The number of aryl methyl sites for hydroxylation is 2. The van der Waals surface area contributed by atoms with E-state index >= 15 is 0 Å². The number of benzene rings is 1. The summed E-state index contributed by atoms with van der Waals surface area (Å²) in [7, 11) is 0. The molecule has 0 spiro atoms. The molecule has 2 heterocycles. The molecule has 0 unspecified atom stereocenters. The maximum Gasteiger partial charge on any atom is 0.213 e. The highest BCUT2D eigenvalue weighted by atomic mass is 16.5. The van der Waals surface area contributed by atoms with E-state index in [1.165, 1.54) is 65.4 Å². The molecule has 2 aliphatic carbocycles. The third kappa shape index (κ3) is 3.59. The maximum absolute atomic E-state index is 5.82. The van der Waals surface area contributed by atoms with Gasteiger partial charge in [-0.25, -0.2) is 4.98 Å². The second-order valence-electron chi connectivity index (χ2n) is 8.15. The number of rotatable bonds is 6. The molecule has 0 amide bonds. The molecule has 4 nitrogen and oxygen atoms in total. The number of pyridine rings is 1. The lowest BCUT2D eigenvalue weighted by Crippen LogP contribution is -2.24. The van der Waals surface area contributed by atoms with Gasteiger partial charge in [-0.3, -0.25) is 0 Å². The number of aromatic amines is 1. The van der Waals surface area contributed by atoms with Gasteiger partial charge in [-0.05, 0) is 74.3 Å². The van der Waals surface area contributed by atoms with E-state index in [9.17, 15) is 0 Å². The van der Waals surface area contributed by atoms with E-state index in [4.69, 9.17) is 4.74 Å². The van der Waals surface area contributed by atoms with E-state index in [1.54, 1.807) is 0 Å². The Balaban J connectivity index is 1.31. The molecule has 27 heavy (non-hydrogen) atoms. The Kier molecular flexibility index (Phi) is 4.36. The summed E-state index contributed by atoms with van der Waals surface area (Å²) in [5.74, 6) is 1.51. The van der Waals surface area contributed by atoms with E-state index in [-0.39, 0.29) is 0 Å². The molecule has 0 aliphatic heterocycles. The standard InChI is InChI=1S/C23H27N3O/c1-15-5-8-20-19(11-15)18-3-2-4-21(23(18)26-20)25-13-17-9-10-24-22(12-17)27-14-16-6-7-16/h5,8-12,16,21,25-26H,2-4,6-7,13-14H2,1H3/t21-/m0/s1. The summed E-state index contributed by atoms with van der Waals surface area (Å²) in [5, 5.41) is 5.16. The van der Waals surface area contributed by atoms with Gasteiger partial charge in [0.15, 0.2) is 0 Å². The van der Waals surface area contributed by atoms with Crippen LogP contribution in [0.4, 0.5) is 0 Å². The Labute approximate surface area is 160 Å². The normalized spacial score (nSPS) is 19.2. The number of fused-ring (bicyclic) bond motifs is 3. The highest BCUT2D eigenvalue weighted by Crippen LogP contribution is 2.35. The maximum atomic E-state index is 5.82. The first-order valence-electron chi connectivity index (χ1n) is 10.2. The molecule has 2 N–H and O–H groups in total. The van der Waals surface area contributed by atoms with Crippen LogP contribution in [0.3, 0.4) is 0 Å². The zero-order valence-corrected chi connectivity index (χ0v) is 15.9. The van der Waals surface area contributed by atoms with Crippen molar-refractivity contribution in [3.63, 3.8) is 0 Å². The van der Waals surface area contributed by atoms with Crippen LogP contribution < -0.4 is 10.1 Å². The Morgan fingerprint density at radius 1 is 1.19 bits per heavy atom. The molecule has 2 aromatic heterocycles. The smallest absolute Gasteiger partial charge is 0.213 e. The largest absolute Gasteiger partial charge is 0.477 e. The first kappa shape index (κ1) is 16.8. The molecule has 1 atom stereocenters. The molecule has 5 rings (SSSR count). The van der Waals surface area contributed by atoms with Crippen molar-refractivity contribution in [1.82, 2.24) is 15.3 Å². The first-order valence-corrected chi connectivity index (χ1v) is 10.2. The summed E-state index contributed by atoms with van der Waals surface area (Å²) in [6.45, 7) is 3.81. The Hall–Kier alpha value is -2.33. The molecule has 4 heteroatoms. The lowest BCUT2D eigenvalue weighted by Gasteiger charge is -2.24. The van der Waals surface area contributed by atoms with Crippen molar-refractivity contribution < 1.29 is 4.74 Å². The monoisotopic (exact) mass is 361 g/mol. The fourth-order valence-electron chi connectivity index (χ4n) is 4.15. The van der Waals surface area contributed by atoms with E-state index < -0.39 is 0 Å². The van der Waals surface area contributed by atoms with Gasteiger partial charge >= 0.3 is 0 Å².